The lowest BCUT2D eigenvalue weighted by atomic mass is 10.2. The van der Waals surface area contributed by atoms with Crippen LogP contribution in [0.1, 0.15) is 13.8 Å². The molecule has 1 aromatic heterocycles. The number of piperazine rings is 1. The van der Waals surface area contributed by atoms with E-state index < -0.39 is 4.92 Å². The van der Waals surface area contributed by atoms with Crippen molar-refractivity contribution in [2.75, 3.05) is 36.8 Å². The summed E-state index contributed by atoms with van der Waals surface area (Å²) >= 11 is 0. The number of nitrogens with two attached hydrogens (primary N) is 1. The lowest BCUT2D eigenvalue weighted by Gasteiger charge is -2.37. The molecular formula is C12H19N5O2. The second-order valence-corrected chi connectivity index (χ2v) is 4.95. The fraction of sp³-hybridized carbons (Fsp3) is 0.583. The standard InChI is InChI=1S/C12H19N5O2/c1-9(2)15-5-7-16(8-6-15)12-10(17(18)19)3-4-11(13)14-12/h3-4,9H,5-8H2,1-2H3,(H2,13,14). The van der Waals surface area contributed by atoms with Gasteiger partial charge in [0.15, 0.2) is 0 Å². The lowest BCUT2D eigenvalue weighted by Crippen LogP contribution is -2.49. The third-order valence-electron chi connectivity index (χ3n) is 3.42. The van der Waals surface area contributed by atoms with Crippen LogP contribution in [0, 0.1) is 10.1 Å². The summed E-state index contributed by atoms with van der Waals surface area (Å²) in [6, 6.07) is 3.38. The van der Waals surface area contributed by atoms with Gasteiger partial charge in [0.1, 0.15) is 5.82 Å². The van der Waals surface area contributed by atoms with Gasteiger partial charge in [0.25, 0.3) is 0 Å². The van der Waals surface area contributed by atoms with Crippen molar-refractivity contribution >= 4 is 17.3 Å². The normalized spacial score (nSPS) is 16.9. The summed E-state index contributed by atoms with van der Waals surface area (Å²) < 4.78 is 0. The van der Waals surface area contributed by atoms with Crippen molar-refractivity contribution in [3.05, 3.63) is 22.2 Å². The van der Waals surface area contributed by atoms with Gasteiger partial charge in [0.05, 0.1) is 4.92 Å². The number of hydrogen-bond donors (Lipinski definition) is 1. The molecule has 1 saturated heterocycles. The highest BCUT2D eigenvalue weighted by Crippen LogP contribution is 2.27. The third kappa shape index (κ3) is 2.93. The molecular weight excluding hydrogens is 246 g/mol. The van der Waals surface area contributed by atoms with Crippen molar-refractivity contribution in [3.8, 4) is 0 Å². The number of anilines is 2. The van der Waals surface area contributed by atoms with E-state index in [1.807, 2.05) is 4.90 Å². The minimum Gasteiger partial charge on any atom is -0.384 e. The molecule has 0 radical (unpaired) electrons. The minimum absolute atomic E-state index is 0.0206. The number of rotatable bonds is 3. The Morgan fingerprint density at radius 2 is 1.95 bits per heavy atom. The highest BCUT2D eigenvalue weighted by atomic mass is 16.6. The fourth-order valence-electron chi connectivity index (χ4n) is 2.28. The van der Waals surface area contributed by atoms with Crippen LogP contribution in [0.25, 0.3) is 0 Å². The Hall–Kier alpha value is -1.89. The van der Waals surface area contributed by atoms with E-state index in [4.69, 9.17) is 5.73 Å². The first-order chi connectivity index (χ1) is 8.99. The van der Waals surface area contributed by atoms with Gasteiger partial charge in [-0.15, -0.1) is 0 Å². The molecule has 2 heterocycles. The molecule has 0 bridgehead atoms. The van der Waals surface area contributed by atoms with Gasteiger partial charge in [-0.05, 0) is 19.9 Å². The summed E-state index contributed by atoms with van der Waals surface area (Å²) in [5, 5.41) is 11.0. The van der Waals surface area contributed by atoms with Crippen LogP contribution in [-0.2, 0) is 0 Å². The van der Waals surface area contributed by atoms with Crippen molar-refractivity contribution in [3.63, 3.8) is 0 Å². The molecule has 0 amide bonds. The third-order valence-corrected chi connectivity index (χ3v) is 3.42. The molecule has 0 aliphatic carbocycles. The maximum Gasteiger partial charge on any atom is 0.311 e. The second-order valence-electron chi connectivity index (χ2n) is 4.95. The van der Waals surface area contributed by atoms with E-state index in [1.54, 1.807) is 0 Å². The summed E-state index contributed by atoms with van der Waals surface area (Å²) in [7, 11) is 0. The predicted molar refractivity (Wildman–Crippen MR) is 74.2 cm³/mol. The van der Waals surface area contributed by atoms with Gasteiger partial charge in [-0.2, -0.15) is 0 Å². The average molecular weight is 265 g/mol. The molecule has 1 aliphatic heterocycles. The molecule has 0 unspecified atom stereocenters. The Kier molecular flexibility index (Phi) is 3.84. The molecule has 0 spiro atoms. The lowest BCUT2D eigenvalue weighted by molar-refractivity contribution is -0.384. The number of nitrogens with zero attached hydrogens (tertiary/aromatic N) is 4. The Morgan fingerprint density at radius 3 is 2.47 bits per heavy atom. The number of hydrogen-bond acceptors (Lipinski definition) is 6. The zero-order chi connectivity index (χ0) is 14.0. The topological polar surface area (TPSA) is 88.5 Å². The first-order valence-electron chi connectivity index (χ1n) is 6.39. The van der Waals surface area contributed by atoms with Gasteiger partial charge in [0, 0.05) is 38.3 Å². The maximum absolute atomic E-state index is 11.0. The van der Waals surface area contributed by atoms with Gasteiger partial charge in [-0.1, -0.05) is 0 Å². The molecule has 1 fully saturated rings. The van der Waals surface area contributed by atoms with Crippen molar-refractivity contribution in [2.45, 2.75) is 19.9 Å². The quantitative estimate of drug-likeness (QED) is 0.650. The Morgan fingerprint density at radius 1 is 1.32 bits per heavy atom. The van der Waals surface area contributed by atoms with E-state index in [0.29, 0.717) is 17.7 Å². The highest BCUT2D eigenvalue weighted by molar-refractivity contribution is 5.61. The monoisotopic (exact) mass is 265 g/mol. The summed E-state index contributed by atoms with van der Waals surface area (Å²) in [5.41, 5.74) is 5.66. The largest absolute Gasteiger partial charge is 0.384 e. The molecule has 0 aromatic carbocycles. The van der Waals surface area contributed by atoms with Crippen LogP contribution in [0.2, 0.25) is 0 Å². The summed E-state index contributed by atoms with van der Waals surface area (Å²) in [6.07, 6.45) is 0. The van der Waals surface area contributed by atoms with E-state index in [9.17, 15) is 10.1 Å². The molecule has 104 valence electrons. The fourth-order valence-corrected chi connectivity index (χ4v) is 2.28. The Bertz CT molecular complexity index is 469. The zero-order valence-electron chi connectivity index (χ0n) is 11.2. The second kappa shape index (κ2) is 5.40. The van der Waals surface area contributed by atoms with Crippen LogP contribution in [0.15, 0.2) is 12.1 Å². The number of pyridine rings is 1. The summed E-state index contributed by atoms with van der Waals surface area (Å²) in [5.74, 6) is 0.695. The van der Waals surface area contributed by atoms with E-state index in [-0.39, 0.29) is 5.69 Å². The first-order valence-corrected chi connectivity index (χ1v) is 6.39. The van der Waals surface area contributed by atoms with Crippen molar-refractivity contribution < 1.29 is 4.92 Å². The molecule has 0 atom stereocenters. The van der Waals surface area contributed by atoms with E-state index in [0.717, 1.165) is 26.2 Å². The highest BCUT2D eigenvalue weighted by Gasteiger charge is 2.25. The molecule has 19 heavy (non-hydrogen) atoms. The van der Waals surface area contributed by atoms with Gasteiger partial charge in [0.2, 0.25) is 5.82 Å². The number of aromatic nitrogens is 1. The molecule has 1 aromatic rings. The van der Waals surface area contributed by atoms with Gasteiger partial charge in [-0.25, -0.2) is 4.98 Å². The number of nitro groups is 1. The number of nitrogen functional groups attached to an aromatic ring is 1. The van der Waals surface area contributed by atoms with Gasteiger partial charge < -0.3 is 10.6 Å². The van der Waals surface area contributed by atoms with Crippen molar-refractivity contribution in [2.24, 2.45) is 0 Å². The van der Waals surface area contributed by atoms with E-state index in [1.165, 1.54) is 12.1 Å². The van der Waals surface area contributed by atoms with Crippen LogP contribution in [0.4, 0.5) is 17.3 Å². The van der Waals surface area contributed by atoms with E-state index in [2.05, 4.69) is 23.7 Å². The van der Waals surface area contributed by atoms with Gasteiger partial charge >= 0.3 is 5.69 Å². The minimum atomic E-state index is -0.406. The van der Waals surface area contributed by atoms with Crippen LogP contribution >= 0.6 is 0 Å². The van der Waals surface area contributed by atoms with Crippen molar-refractivity contribution in [1.82, 2.24) is 9.88 Å². The predicted octanol–water partition coefficient (Wildman–Crippen LogP) is 1.10. The zero-order valence-corrected chi connectivity index (χ0v) is 11.2. The SMILES string of the molecule is CC(C)N1CCN(c2nc(N)ccc2[N+](=O)[O-])CC1. The van der Waals surface area contributed by atoms with E-state index >= 15 is 0 Å². The summed E-state index contributed by atoms with van der Waals surface area (Å²) in [6.45, 7) is 7.52. The maximum atomic E-state index is 11.0. The molecule has 2 N–H and O–H groups in total. The molecule has 1 aliphatic rings. The molecule has 7 heteroatoms. The summed E-state index contributed by atoms with van der Waals surface area (Å²) in [4.78, 5) is 19.0. The average Bonchev–Trinajstić information content (AvgIpc) is 2.38. The van der Waals surface area contributed by atoms with Crippen LogP contribution in [0.3, 0.4) is 0 Å². The van der Waals surface area contributed by atoms with Crippen LogP contribution < -0.4 is 10.6 Å². The first kappa shape index (κ1) is 13.5. The Labute approximate surface area is 112 Å². The van der Waals surface area contributed by atoms with Crippen LogP contribution in [0.5, 0.6) is 0 Å². The molecule has 7 nitrogen and oxygen atoms in total. The smallest absolute Gasteiger partial charge is 0.311 e. The molecule has 2 rings (SSSR count). The molecule has 0 saturated carbocycles. The van der Waals surface area contributed by atoms with Gasteiger partial charge in [-0.3, -0.25) is 15.0 Å². The van der Waals surface area contributed by atoms with Crippen LogP contribution in [-0.4, -0.2) is 47.0 Å². The Balaban J connectivity index is 2.19. The van der Waals surface area contributed by atoms with Crippen molar-refractivity contribution in [1.29, 1.82) is 0 Å².